The van der Waals surface area contributed by atoms with Crippen molar-refractivity contribution < 1.29 is 5.11 Å². The van der Waals surface area contributed by atoms with Gasteiger partial charge >= 0.3 is 0 Å². The van der Waals surface area contributed by atoms with Gasteiger partial charge in [0.25, 0.3) is 0 Å². The van der Waals surface area contributed by atoms with E-state index < -0.39 is 0 Å². The summed E-state index contributed by atoms with van der Waals surface area (Å²) >= 11 is 3.32. The zero-order valence-electron chi connectivity index (χ0n) is 7.26. The van der Waals surface area contributed by atoms with Gasteiger partial charge in [0.15, 0.2) is 0 Å². The molecule has 2 rings (SSSR count). The second-order valence-corrected chi connectivity index (χ2v) is 4.21. The van der Waals surface area contributed by atoms with E-state index in [4.69, 9.17) is 0 Å². The van der Waals surface area contributed by atoms with Crippen molar-refractivity contribution in [3.05, 3.63) is 28.2 Å². The lowest BCUT2D eigenvalue weighted by molar-refractivity contribution is 0.471. The fourth-order valence-corrected chi connectivity index (χ4v) is 2.11. The van der Waals surface area contributed by atoms with Gasteiger partial charge in [0, 0.05) is 6.04 Å². The molecule has 0 aliphatic carbocycles. The summed E-state index contributed by atoms with van der Waals surface area (Å²) < 4.78 is 0.777. The molecule has 70 valence electrons. The summed E-state index contributed by atoms with van der Waals surface area (Å²) in [5, 5.41) is 12.7. The van der Waals surface area contributed by atoms with Gasteiger partial charge in [0.1, 0.15) is 5.75 Å². The van der Waals surface area contributed by atoms with Crippen molar-refractivity contribution in [1.82, 2.24) is 5.32 Å². The van der Waals surface area contributed by atoms with E-state index in [-0.39, 0.29) is 0 Å². The Hall–Kier alpha value is -0.540. The molecular formula is C10H12BrNO. The molecule has 0 unspecified atom stereocenters. The van der Waals surface area contributed by atoms with Gasteiger partial charge in [-0.2, -0.15) is 0 Å². The molecule has 1 aliphatic heterocycles. The van der Waals surface area contributed by atoms with Crippen LogP contribution in [0.3, 0.4) is 0 Å². The fourth-order valence-electron chi connectivity index (χ4n) is 1.71. The standard InChI is InChI=1S/C10H12BrNO/c11-8-6-7(3-4-10(8)13)9-2-1-5-12-9/h3-4,6,9,12-13H,1-2,5H2/t9-/m0/s1. The van der Waals surface area contributed by atoms with E-state index >= 15 is 0 Å². The van der Waals surface area contributed by atoms with Gasteiger partial charge in [-0.1, -0.05) is 6.07 Å². The molecule has 1 saturated heterocycles. The summed E-state index contributed by atoms with van der Waals surface area (Å²) in [6.45, 7) is 1.10. The Morgan fingerprint density at radius 2 is 2.31 bits per heavy atom. The number of rotatable bonds is 1. The van der Waals surface area contributed by atoms with Crippen molar-refractivity contribution in [2.24, 2.45) is 0 Å². The lowest BCUT2D eigenvalue weighted by Gasteiger charge is -2.10. The first-order valence-corrected chi connectivity index (χ1v) is 5.28. The number of nitrogens with one attached hydrogen (secondary N) is 1. The molecule has 13 heavy (non-hydrogen) atoms. The number of halogens is 1. The van der Waals surface area contributed by atoms with Crippen LogP contribution in [-0.4, -0.2) is 11.7 Å². The normalized spacial score (nSPS) is 22.1. The number of hydrogen-bond acceptors (Lipinski definition) is 2. The predicted molar refractivity (Wildman–Crippen MR) is 55.8 cm³/mol. The zero-order chi connectivity index (χ0) is 9.26. The minimum Gasteiger partial charge on any atom is -0.507 e. The Morgan fingerprint density at radius 1 is 1.46 bits per heavy atom. The highest BCUT2D eigenvalue weighted by molar-refractivity contribution is 9.10. The first kappa shape index (κ1) is 9.03. The van der Waals surface area contributed by atoms with Crippen molar-refractivity contribution in [3.63, 3.8) is 0 Å². The SMILES string of the molecule is Oc1ccc([C@@H]2CCCN2)cc1Br. The third-order valence-corrected chi connectivity index (χ3v) is 3.07. The molecule has 3 heteroatoms. The average Bonchev–Trinajstić information content (AvgIpc) is 2.62. The molecule has 1 heterocycles. The van der Waals surface area contributed by atoms with Crippen LogP contribution in [0.25, 0.3) is 0 Å². The summed E-state index contributed by atoms with van der Waals surface area (Å²) in [5.41, 5.74) is 1.25. The van der Waals surface area contributed by atoms with Crippen LogP contribution >= 0.6 is 15.9 Å². The van der Waals surface area contributed by atoms with Crippen LogP contribution in [-0.2, 0) is 0 Å². The van der Waals surface area contributed by atoms with Crippen LogP contribution in [0, 0.1) is 0 Å². The van der Waals surface area contributed by atoms with Gasteiger partial charge in [-0.15, -0.1) is 0 Å². The molecule has 1 atom stereocenters. The van der Waals surface area contributed by atoms with Crippen molar-refractivity contribution in [2.75, 3.05) is 6.54 Å². The summed E-state index contributed by atoms with van der Waals surface area (Å²) in [5.74, 6) is 0.307. The third-order valence-electron chi connectivity index (χ3n) is 2.43. The van der Waals surface area contributed by atoms with Gasteiger partial charge in [-0.25, -0.2) is 0 Å². The molecule has 0 aromatic heterocycles. The first-order chi connectivity index (χ1) is 6.27. The van der Waals surface area contributed by atoms with Gasteiger partial charge in [0.2, 0.25) is 0 Å². The Balaban J connectivity index is 2.25. The second kappa shape index (κ2) is 3.68. The van der Waals surface area contributed by atoms with Gasteiger partial charge in [-0.3, -0.25) is 0 Å². The van der Waals surface area contributed by atoms with E-state index in [9.17, 15) is 5.11 Å². The maximum Gasteiger partial charge on any atom is 0.129 e. The molecule has 1 aromatic carbocycles. The quantitative estimate of drug-likeness (QED) is 0.793. The van der Waals surface area contributed by atoms with Gasteiger partial charge < -0.3 is 10.4 Å². The number of aromatic hydroxyl groups is 1. The second-order valence-electron chi connectivity index (χ2n) is 3.36. The predicted octanol–water partition coefficient (Wildman–Crippen LogP) is 2.58. The Labute approximate surface area is 86.1 Å². The highest BCUT2D eigenvalue weighted by Crippen LogP contribution is 2.30. The Bertz CT molecular complexity index is 308. The van der Waals surface area contributed by atoms with Crippen molar-refractivity contribution >= 4 is 15.9 Å². The zero-order valence-corrected chi connectivity index (χ0v) is 8.84. The number of benzene rings is 1. The van der Waals surface area contributed by atoms with Crippen LogP contribution in [0.2, 0.25) is 0 Å². The summed E-state index contributed by atoms with van der Waals surface area (Å²) in [6, 6.07) is 6.16. The number of phenols is 1. The minimum absolute atomic E-state index is 0.307. The molecule has 2 N–H and O–H groups in total. The fraction of sp³-hybridized carbons (Fsp3) is 0.400. The van der Waals surface area contributed by atoms with E-state index in [1.165, 1.54) is 18.4 Å². The first-order valence-electron chi connectivity index (χ1n) is 4.49. The molecule has 0 radical (unpaired) electrons. The Morgan fingerprint density at radius 3 is 2.92 bits per heavy atom. The lowest BCUT2D eigenvalue weighted by Crippen LogP contribution is -2.12. The van der Waals surface area contributed by atoms with Crippen LogP contribution in [0.15, 0.2) is 22.7 Å². The molecule has 1 fully saturated rings. The van der Waals surface area contributed by atoms with E-state index in [2.05, 4.69) is 21.2 Å². The highest BCUT2D eigenvalue weighted by atomic mass is 79.9. The van der Waals surface area contributed by atoms with Gasteiger partial charge in [0.05, 0.1) is 4.47 Å². The maximum atomic E-state index is 9.32. The van der Waals surface area contributed by atoms with Crippen LogP contribution < -0.4 is 5.32 Å². The van der Waals surface area contributed by atoms with Crippen LogP contribution in [0.5, 0.6) is 5.75 Å². The summed E-state index contributed by atoms with van der Waals surface area (Å²) in [6.07, 6.45) is 2.43. The topological polar surface area (TPSA) is 32.3 Å². The van der Waals surface area contributed by atoms with E-state index in [0.717, 1.165) is 11.0 Å². The van der Waals surface area contributed by atoms with Crippen molar-refractivity contribution in [1.29, 1.82) is 0 Å². The van der Waals surface area contributed by atoms with E-state index in [1.807, 2.05) is 12.1 Å². The highest BCUT2D eigenvalue weighted by Gasteiger charge is 2.16. The number of hydrogen-bond donors (Lipinski definition) is 2. The van der Waals surface area contributed by atoms with E-state index in [0.29, 0.717) is 11.8 Å². The molecule has 2 nitrogen and oxygen atoms in total. The number of phenolic OH excluding ortho intramolecular Hbond substituents is 1. The van der Waals surface area contributed by atoms with Crippen LogP contribution in [0.1, 0.15) is 24.4 Å². The van der Waals surface area contributed by atoms with Gasteiger partial charge in [-0.05, 0) is 53.0 Å². The smallest absolute Gasteiger partial charge is 0.129 e. The summed E-state index contributed by atoms with van der Waals surface area (Å²) in [7, 11) is 0. The van der Waals surface area contributed by atoms with E-state index in [1.54, 1.807) is 6.07 Å². The molecule has 1 aromatic rings. The van der Waals surface area contributed by atoms with Crippen LogP contribution in [0.4, 0.5) is 0 Å². The third kappa shape index (κ3) is 1.86. The Kier molecular flexibility index (Phi) is 2.56. The lowest BCUT2D eigenvalue weighted by atomic mass is 10.1. The molecular weight excluding hydrogens is 230 g/mol. The van der Waals surface area contributed by atoms with Crippen molar-refractivity contribution in [3.8, 4) is 5.75 Å². The summed E-state index contributed by atoms with van der Waals surface area (Å²) in [4.78, 5) is 0. The molecule has 0 spiro atoms. The monoisotopic (exact) mass is 241 g/mol. The largest absolute Gasteiger partial charge is 0.507 e. The minimum atomic E-state index is 0.307. The molecule has 0 saturated carbocycles. The average molecular weight is 242 g/mol. The molecule has 0 amide bonds. The van der Waals surface area contributed by atoms with Crippen molar-refractivity contribution in [2.45, 2.75) is 18.9 Å². The molecule has 0 bridgehead atoms. The maximum absolute atomic E-state index is 9.32. The molecule has 1 aliphatic rings.